The molecule has 1 rings (SSSR count). The van der Waals surface area contributed by atoms with Crippen molar-refractivity contribution in [3.05, 3.63) is 52.3 Å². The third-order valence-electron chi connectivity index (χ3n) is 2.06. The summed E-state index contributed by atoms with van der Waals surface area (Å²) in [5.41, 5.74) is 15.6. The normalized spacial score (nSPS) is 11.4. The minimum atomic E-state index is -4.44. The monoisotopic (exact) mass is 307 g/mol. The van der Waals surface area contributed by atoms with E-state index in [0.717, 1.165) is 12.1 Å². The molecule has 0 saturated heterocycles. The topological polar surface area (TPSA) is 78.1 Å². The Bertz CT molecular complexity index is 504. The molecule has 0 saturated carbocycles. The summed E-state index contributed by atoms with van der Waals surface area (Å²) in [7, 11) is 0. The van der Waals surface area contributed by atoms with Gasteiger partial charge >= 0.3 is 6.18 Å². The van der Waals surface area contributed by atoms with E-state index in [1.807, 2.05) is 13.8 Å². The van der Waals surface area contributed by atoms with Gasteiger partial charge in [-0.3, -0.25) is 0 Å². The number of hydrogen-bond donors (Lipinski definition) is 3. The molecule has 0 aromatic heterocycles. The molecule has 0 aliphatic carbocycles. The zero-order valence-corrected chi connectivity index (χ0v) is 11.9. The minimum Gasteiger partial charge on any atom is -0.398 e. The van der Waals surface area contributed by atoms with E-state index in [4.69, 9.17) is 28.8 Å². The second kappa shape index (κ2) is 7.69. The van der Waals surface area contributed by atoms with Gasteiger partial charge in [-0.25, -0.2) is 0 Å². The van der Waals surface area contributed by atoms with Gasteiger partial charge < -0.3 is 17.2 Å². The number of alkyl halides is 3. The molecule has 6 N–H and O–H groups in total. The summed E-state index contributed by atoms with van der Waals surface area (Å²) in [5.74, 6) is 0.0287. The zero-order chi connectivity index (χ0) is 15.9. The van der Waals surface area contributed by atoms with E-state index in [1.165, 1.54) is 18.2 Å². The van der Waals surface area contributed by atoms with Crippen LogP contribution in [0.25, 0.3) is 5.70 Å². The first kappa shape index (κ1) is 18.2. The van der Waals surface area contributed by atoms with Crippen molar-refractivity contribution in [2.75, 3.05) is 0 Å². The Morgan fingerprint density at radius 1 is 1.10 bits per heavy atom. The Labute approximate surface area is 120 Å². The fourth-order valence-electron chi connectivity index (χ4n) is 1.20. The molecule has 0 heterocycles. The van der Waals surface area contributed by atoms with Gasteiger partial charge in [0.15, 0.2) is 0 Å². The van der Waals surface area contributed by atoms with E-state index in [2.05, 4.69) is 0 Å². The highest BCUT2D eigenvalue weighted by Crippen LogP contribution is 2.33. The molecule has 7 heteroatoms. The third-order valence-corrected chi connectivity index (χ3v) is 2.38. The van der Waals surface area contributed by atoms with Gasteiger partial charge in [0.1, 0.15) is 0 Å². The minimum absolute atomic E-state index is 0.0287. The number of rotatable bonds is 2. The summed E-state index contributed by atoms with van der Waals surface area (Å²) in [6, 6.07) is 2.90. The van der Waals surface area contributed by atoms with Crippen LogP contribution < -0.4 is 17.2 Å². The van der Waals surface area contributed by atoms with Crippen LogP contribution in [-0.4, -0.2) is 0 Å². The van der Waals surface area contributed by atoms with Crippen molar-refractivity contribution >= 4 is 17.3 Å². The van der Waals surface area contributed by atoms with E-state index in [-0.39, 0.29) is 22.1 Å². The molecule has 0 unspecified atom stereocenters. The number of allylic oxidation sites excluding steroid dienone is 2. The number of benzene rings is 1. The van der Waals surface area contributed by atoms with Gasteiger partial charge in [-0.15, -0.1) is 0 Å². The predicted octanol–water partition coefficient (Wildman–Crippen LogP) is 3.44. The van der Waals surface area contributed by atoms with Gasteiger partial charge in [0, 0.05) is 11.3 Å². The maximum absolute atomic E-state index is 12.4. The Morgan fingerprint density at radius 2 is 1.65 bits per heavy atom. The molecule has 20 heavy (non-hydrogen) atoms. The average Bonchev–Trinajstić information content (AvgIpc) is 2.37. The standard InChI is InChI=1S/C11H11ClF3N3.C2H6/c12-8-5-6(11(13,14)15)1-2-7(8)9(16)3-4-10(17)18;1-2/h1-5H,16-18H2;1-2H3/b9-3-;. The lowest BCUT2D eigenvalue weighted by atomic mass is 10.1. The summed E-state index contributed by atoms with van der Waals surface area (Å²) in [6.45, 7) is 4.00. The van der Waals surface area contributed by atoms with Crippen LogP contribution in [0.1, 0.15) is 25.0 Å². The Kier molecular flexibility index (Phi) is 6.99. The first-order valence-corrected chi connectivity index (χ1v) is 6.15. The molecule has 1 aromatic carbocycles. The fraction of sp³-hybridized carbons (Fsp3) is 0.231. The smallest absolute Gasteiger partial charge is 0.398 e. The Hall–Kier alpha value is -1.82. The number of hydrogen-bond acceptors (Lipinski definition) is 3. The van der Waals surface area contributed by atoms with Crippen molar-refractivity contribution in [3.8, 4) is 0 Å². The van der Waals surface area contributed by atoms with Crippen molar-refractivity contribution in [2.24, 2.45) is 17.2 Å². The van der Waals surface area contributed by atoms with Crippen molar-refractivity contribution < 1.29 is 13.2 Å². The quantitative estimate of drug-likeness (QED) is 0.732. The highest BCUT2D eigenvalue weighted by atomic mass is 35.5. The van der Waals surface area contributed by atoms with Gasteiger partial charge in [0.2, 0.25) is 0 Å². The van der Waals surface area contributed by atoms with E-state index in [1.54, 1.807) is 0 Å². The summed E-state index contributed by atoms with van der Waals surface area (Å²) in [6.07, 6.45) is -1.75. The SMILES string of the molecule is CC.NC(N)=C/C=C(\N)c1ccc(C(F)(F)F)cc1Cl. The number of halogens is 4. The van der Waals surface area contributed by atoms with E-state index in [9.17, 15) is 13.2 Å². The van der Waals surface area contributed by atoms with Crippen LogP contribution in [0.15, 0.2) is 36.2 Å². The van der Waals surface area contributed by atoms with Gasteiger partial charge in [-0.2, -0.15) is 13.2 Å². The van der Waals surface area contributed by atoms with Crippen molar-refractivity contribution in [3.63, 3.8) is 0 Å². The van der Waals surface area contributed by atoms with Crippen LogP contribution in [0.5, 0.6) is 0 Å². The summed E-state index contributed by atoms with van der Waals surface area (Å²) >= 11 is 5.74. The Morgan fingerprint density at radius 3 is 2.05 bits per heavy atom. The molecule has 0 spiro atoms. The van der Waals surface area contributed by atoms with Gasteiger partial charge in [-0.05, 0) is 24.3 Å². The lowest BCUT2D eigenvalue weighted by Gasteiger charge is -2.09. The first-order valence-electron chi connectivity index (χ1n) is 5.77. The number of nitrogens with two attached hydrogens (primary N) is 3. The van der Waals surface area contributed by atoms with Crippen LogP contribution in [0.2, 0.25) is 5.02 Å². The molecule has 0 atom stereocenters. The molecule has 1 aromatic rings. The summed E-state index contributed by atoms with van der Waals surface area (Å²) < 4.78 is 37.2. The molecule has 0 aliphatic heterocycles. The van der Waals surface area contributed by atoms with Crippen molar-refractivity contribution in [2.45, 2.75) is 20.0 Å². The van der Waals surface area contributed by atoms with E-state index < -0.39 is 11.7 Å². The first-order chi connectivity index (χ1) is 9.21. The molecular weight excluding hydrogens is 291 g/mol. The molecule has 3 nitrogen and oxygen atoms in total. The lowest BCUT2D eigenvalue weighted by molar-refractivity contribution is -0.137. The fourth-order valence-corrected chi connectivity index (χ4v) is 1.49. The summed E-state index contributed by atoms with van der Waals surface area (Å²) in [5, 5.41) is -0.0948. The molecule has 0 amide bonds. The molecule has 0 aliphatic rings. The molecule has 0 fully saturated rings. The molecular formula is C13H17ClF3N3. The second-order valence-electron chi connectivity index (χ2n) is 3.48. The van der Waals surface area contributed by atoms with Crippen molar-refractivity contribution in [1.82, 2.24) is 0 Å². The average molecular weight is 308 g/mol. The second-order valence-corrected chi connectivity index (χ2v) is 3.89. The molecule has 0 bridgehead atoms. The third kappa shape index (κ3) is 5.44. The highest BCUT2D eigenvalue weighted by Gasteiger charge is 2.30. The van der Waals surface area contributed by atoms with Gasteiger partial charge in [0.25, 0.3) is 0 Å². The Balaban J connectivity index is 0.00000172. The van der Waals surface area contributed by atoms with Crippen LogP contribution in [0.3, 0.4) is 0 Å². The molecule has 112 valence electrons. The zero-order valence-electron chi connectivity index (χ0n) is 11.1. The predicted molar refractivity (Wildman–Crippen MR) is 76.4 cm³/mol. The van der Waals surface area contributed by atoms with Gasteiger partial charge in [-0.1, -0.05) is 31.5 Å². The largest absolute Gasteiger partial charge is 0.416 e. The maximum atomic E-state index is 12.4. The summed E-state index contributed by atoms with van der Waals surface area (Å²) in [4.78, 5) is 0. The van der Waals surface area contributed by atoms with Crippen LogP contribution in [0, 0.1) is 0 Å². The van der Waals surface area contributed by atoms with Crippen LogP contribution >= 0.6 is 11.6 Å². The maximum Gasteiger partial charge on any atom is 0.416 e. The van der Waals surface area contributed by atoms with Crippen LogP contribution in [-0.2, 0) is 6.18 Å². The van der Waals surface area contributed by atoms with Gasteiger partial charge in [0.05, 0.1) is 16.4 Å². The lowest BCUT2D eigenvalue weighted by Crippen LogP contribution is -2.08. The highest BCUT2D eigenvalue weighted by molar-refractivity contribution is 6.32. The van der Waals surface area contributed by atoms with E-state index in [0.29, 0.717) is 0 Å². The van der Waals surface area contributed by atoms with E-state index >= 15 is 0 Å². The van der Waals surface area contributed by atoms with Crippen LogP contribution in [0.4, 0.5) is 13.2 Å². The molecule has 0 radical (unpaired) electrons. The van der Waals surface area contributed by atoms with Crippen molar-refractivity contribution in [1.29, 1.82) is 0 Å².